The van der Waals surface area contributed by atoms with Crippen molar-refractivity contribution in [2.24, 2.45) is 11.7 Å². The van der Waals surface area contributed by atoms with E-state index in [-0.39, 0.29) is 29.6 Å². The zero-order valence-corrected chi connectivity index (χ0v) is 23.6. The smallest absolute Gasteiger partial charge is 0.324 e. The average molecular weight is 560 g/mol. The second-order valence-electron chi connectivity index (χ2n) is 10.4. The molecule has 9 heteroatoms. The number of hydrogen-bond donors (Lipinski definition) is 2. The molecular weight excluding hydrogens is 521 g/mol. The lowest BCUT2D eigenvalue weighted by molar-refractivity contribution is -0.131. The number of rotatable bonds is 10. The Balaban J connectivity index is 1.52. The number of benzene rings is 2. The lowest BCUT2D eigenvalue weighted by atomic mass is 9.74. The van der Waals surface area contributed by atoms with Gasteiger partial charge in [-0.2, -0.15) is 0 Å². The lowest BCUT2D eigenvalue weighted by Crippen LogP contribution is -2.43. The van der Waals surface area contributed by atoms with Crippen molar-refractivity contribution in [3.8, 4) is 0 Å². The van der Waals surface area contributed by atoms with Crippen molar-refractivity contribution in [1.29, 1.82) is 0 Å². The fraction of sp³-hybridized carbons (Fsp3) is 0.375. The predicted octanol–water partition coefficient (Wildman–Crippen LogP) is 5.31. The highest BCUT2D eigenvalue weighted by Gasteiger charge is 2.34. The summed E-state index contributed by atoms with van der Waals surface area (Å²) in [7, 11) is 0. The Hall–Kier alpha value is -4.27. The van der Waals surface area contributed by atoms with Crippen molar-refractivity contribution < 1.29 is 18.8 Å². The van der Waals surface area contributed by atoms with Crippen molar-refractivity contribution in [2.75, 3.05) is 18.0 Å². The number of nitrogens with one attached hydrogen (secondary N) is 1. The highest BCUT2D eigenvalue weighted by atomic mass is 19.1. The van der Waals surface area contributed by atoms with Gasteiger partial charge in [0.2, 0.25) is 11.8 Å². The highest BCUT2D eigenvalue weighted by Crippen LogP contribution is 2.38. The van der Waals surface area contributed by atoms with Gasteiger partial charge in [-0.15, -0.1) is 0 Å². The third kappa shape index (κ3) is 7.28. The van der Waals surface area contributed by atoms with Crippen LogP contribution in [0.15, 0.2) is 73.1 Å². The van der Waals surface area contributed by atoms with Crippen LogP contribution in [0.5, 0.6) is 0 Å². The summed E-state index contributed by atoms with van der Waals surface area (Å²) in [4.78, 5) is 46.4. The second kappa shape index (κ2) is 13.9. The van der Waals surface area contributed by atoms with Crippen molar-refractivity contribution >= 4 is 23.5 Å². The minimum absolute atomic E-state index is 0.00858. The Kier molecular flexibility index (Phi) is 10.1. The monoisotopic (exact) mass is 559 g/mol. The van der Waals surface area contributed by atoms with Gasteiger partial charge in [-0.05, 0) is 74.1 Å². The molecule has 8 nitrogen and oxygen atoms in total. The lowest BCUT2D eigenvalue weighted by Gasteiger charge is -2.32. The molecule has 0 bridgehead atoms. The van der Waals surface area contributed by atoms with Crippen LogP contribution in [-0.2, 0) is 16.1 Å². The fourth-order valence-corrected chi connectivity index (χ4v) is 5.57. The molecule has 1 heterocycles. The van der Waals surface area contributed by atoms with Gasteiger partial charge >= 0.3 is 6.03 Å². The number of nitrogens with zero attached hydrogens (tertiary/aromatic N) is 3. The van der Waals surface area contributed by atoms with Crippen LogP contribution < -0.4 is 16.0 Å². The summed E-state index contributed by atoms with van der Waals surface area (Å²) in [6, 6.07) is 16.3. The molecule has 3 atom stereocenters. The molecule has 1 aliphatic carbocycles. The summed E-state index contributed by atoms with van der Waals surface area (Å²) in [5.41, 5.74) is 8.75. The number of aromatic nitrogens is 1. The number of nitrogens with two attached hydrogens (primary N) is 1. The highest BCUT2D eigenvalue weighted by molar-refractivity contribution is 5.92. The Bertz CT molecular complexity index is 1310. The Labute approximate surface area is 240 Å². The molecule has 41 heavy (non-hydrogen) atoms. The number of carbonyl (C=O) groups excluding carboxylic acids is 3. The number of carbonyl (C=O) groups is 3. The summed E-state index contributed by atoms with van der Waals surface area (Å²) >= 11 is 0. The topological polar surface area (TPSA) is 109 Å². The van der Waals surface area contributed by atoms with E-state index in [4.69, 9.17) is 5.73 Å². The van der Waals surface area contributed by atoms with Gasteiger partial charge in [0.25, 0.3) is 0 Å². The van der Waals surface area contributed by atoms with Gasteiger partial charge in [0, 0.05) is 42.7 Å². The Morgan fingerprint density at radius 3 is 2.29 bits per heavy atom. The van der Waals surface area contributed by atoms with Crippen LogP contribution in [0.4, 0.5) is 14.9 Å². The molecule has 3 aromatic rings. The van der Waals surface area contributed by atoms with E-state index in [1.807, 2.05) is 38.1 Å². The predicted molar refractivity (Wildman–Crippen MR) is 156 cm³/mol. The summed E-state index contributed by atoms with van der Waals surface area (Å²) < 4.78 is 13.6. The molecule has 1 fully saturated rings. The van der Waals surface area contributed by atoms with Crippen molar-refractivity contribution in [2.45, 2.75) is 58.0 Å². The SMILES string of the molecule is CCN(CC)C(=O)N(Cc1ccc([C@@H]2CCCC[C@H]2C(=O)N[C@H](C(N)=O)c2cccnc2)cc1)c1ccc(F)cc1. The summed E-state index contributed by atoms with van der Waals surface area (Å²) in [5.74, 6) is -1.49. The van der Waals surface area contributed by atoms with E-state index in [9.17, 15) is 18.8 Å². The van der Waals surface area contributed by atoms with E-state index in [2.05, 4.69) is 10.3 Å². The van der Waals surface area contributed by atoms with E-state index in [1.54, 1.807) is 40.3 Å². The molecule has 3 N–H and O–H groups in total. The van der Waals surface area contributed by atoms with Gasteiger partial charge in [0.1, 0.15) is 11.9 Å². The van der Waals surface area contributed by atoms with E-state index in [0.717, 1.165) is 30.4 Å². The van der Waals surface area contributed by atoms with Gasteiger partial charge < -0.3 is 16.0 Å². The first kappa shape index (κ1) is 29.7. The first-order valence-corrected chi connectivity index (χ1v) is 14.2. The zero-order valence-electron chi connectivity index (χ0n) is 23.6. The molecule has 216 valence electrons. The van der Waals surface area contributed by atoms with Crippen LogP contribution in [0, 0.1) is 11.7 Å². The van der Waals surface area contributed by atoms with Crippen LogP contribution in [0.25, 0.3) is 0 Å². The molecule has 4 rings (SSSR count). The third-order valence-electron chi connectivity index (χ3n) is 7.84. The van der Waals surface area contributed by atoms with Gasteiger partial charge in [-0.1, -0.05) is 43.2 Å². The molecule has 0 unspecified atom stereocenters. The van der Waals surface area contributed by atoms with Crippen LogP contribution in [0.1, 0.15) is 68.2 Å². The Morgan fingerprint density at radius 1 is 1.00 bits per heavy atom. The minimum Gasteiger partial charge on any atom is -0.368 e. The van der Waals surface area contributed by atoms with Crippen LogP contribution >= 0.6 is 0 Å². The largest absolute Gasteiger partial charge is 0.368 e. The normalized spacial score (nSPS) is 17.3. The first-order valence-electron chi connectivity index (χ1n) is 14.2. The standard InChI is InChI=1S/C32H38FN5O3/c1-3-37(4-2)32(41)38(26-17-15-25(33)16-18-26)21-22-11-13-23(14-12-22)27-9-5-6-10-28(27)31(40)36-29(30(34)39)24-8-7-19-35-20-24/h7-8,11-20,27-29H,3-6,9-10,21H2,1-2H3,(H2,34,39)(H,36,40)/t27-,28+,29-/m0/s1. The van der Waals surface area contributed by atoms with Crippen molar-refractivity contribution in [3.63, 3.8) is 0 Å². The van der Waals surface area contributed by atoms with Gasteiger partial charge in [-0.25, -0.2) is 9.18 Å². The maximum atomic E-state index is 13.6. The third-order valence-corrected chi connectivity index (χ3v) is 7.84. The molecule has 0 radical (unpaired) electrons. The van der Waals surface area contributed by atoms with E-state index < -0.39 is 11.9 Å². The fourth-order valence-electron chi connectivity index (χ4n) is 5.57. The van der Waals surface area contributed by atoms with Crippen molar-refractivity contribution in [3.05, 3.63) is 95.6 Å². The number of hydrogen-bond acceptors (Lipinski definition) is 4. The number of anilines is 1. The van der Waals surface area contributed by atoms with Crippen LogP contribution in [-0.4, -0.2) is 40.8 Å². The number of halogens is 1. The molecular formula is C32H38FN5O3. The summed E-state index contributed by atoms with van der Waals surface area (Å²) in [6.07, 6.45) is 6.65. The molecule has 2 aromatic carbocycles. The van der Waals surface area contributed by atoms with E-state index in [0.29, 0.717) is 37.3 Å². The second-order valence-corrected chi connectivity index (χ2v) is 10.4. The molecule has 0 saturated heterocycles. The van der Waals surface area contributed by atoms with E-state index >= 15 is 0 Å². The molecule has 0 aliphatic heterocycles. The van der Waals surface area contributed by atoms with Gasteiger partial charge in [-0.3, -0.25) is 19.5 Å². The molecule has 1 saturated carbocycles. The zero-order chi connectivity index (χ0) is 29.4. The molecule has 1 aromatic heterocycles. The molecule has 1 aliphatic rings. The quantitative estimate of drug-likeness (QED) is 0.351. The van der Waals surface area contributed by atoms with Crippen LogP contribution in [0.2, 0.25) is 0 Å². The van der Waals surface area contributed by atoms with Gasteiger partial charge in [0.15, 0.2) is 0 Å². The maximum Gasteiger partial charge on any atom is 0.324 e. The number of pyridine rings is 1. The Morgan fingerprint density at radius 2 is 1.68 bits per heavy atom. The molecule has 0 spiro atoms. The van der Waals surface area contributed by atoms with E-state index in [1.165, 1.54) is 18.3 Å². The summed E-state index contributed by atoms with van der Waals surface area (Å²) in [5, 5.41) is 2.87. The minimum atomic E-state index is -0.943. The maximum absolute atomic E-state index is 13.6. The summed E-state index contributed by atoms with van der Waals surface area (Å²) in [6.45, 7) is 5.31. The van der Waals surface area contributed by atoms with Crippen molar-refractivity contribution in [1.82, 2.24) is 15.2 Å². The van der Waals surface area contributed by atoms with Crippen LogP contribution in [0.3, 0.4) is 0 Å². The first-order chi connectivity index (χ1) is 19.8. The number of urea groups is 1. The van der Waals surface area contributed by atoms with Gasteiger partial charge in [0.05, 0.1) is 6.54 Å². The number of amides is 4. The number of primary amides is 1. The molecule has 4 amide bonds. The average Bonchev–Trinajstić information content (AvgIpc) is 3.00.